The van der Waals surface area contributed by atoms with E-state index < -0.39 is 5.60 Å². The fourth-order valence-corrected chi connectivity index (χ4v) is 2.67. The van der Waals surface area contributed by atoms with Crippen LogP contribution in [0.2, 0.25) is 0 Å². The Balaban J connectivity index is 1.91. The molecule has 1 aliphatic heterocycles. The first-order valence-electron chi connectivity index (χ1n) is 7.76. The third kappa shape index (κ3) is 5.06. The predicted octanol–water partition coefficient (Wildman–Crippen LogP) is 2.52. The lowest BCUT2D eigenvalue weighted by atomic mass is 9.91. The van der Waals surface area contributed by atoms with Crippen molar-refractivity contribution in [2.24, 2.45) is 5.92 Å². The van der Waals surface area contributed by atoms with Crippen LogP contribution >= 0.6 is 0 Å². The molecular weight excluding hydrogens is 269 g/mol. The molecule has 0 bridgehead atoms. The summed E-state index contributed by atoms with van der Waals surface area (Å²) in [5, 5.41) is 14.0. The van der Waals surface area contributed by atoms with Gasteiger partial charge in [0.05, 0.1) is 5.60 Å². The number of hydrogen-bond donors (Lipinski definition) is 2. The van der Waals surface area contributed by atoms with Crippen LogP contribution < -0.4 is 5.32 Å². The number of benzene rings is 1. The van der Waals surface area contributed by atoms with Gasteiger partial charge in [-0.05, 0) is 30.0 Å². The van der Waals surface area contributed by atoms with E-state index in [0.717, 1.165) is 12.0 Å². The lowest BCUT2D eigenvalue weighted by Crippen LogP contribution is -2.49. The average Bonchev–Trinajstić information content (AvgIpc) is 2.46. The molecule has 0 saturated carbocycles. The molecule has 3 nitrogen and oxygen atoms in total. The fourth-order valence-electron chi connectivity index (χ4n) is 2.67. The number of ether oxygens (including phenoxy) is 1. The van der Waals surface area contributed by atoms with Crippen molar-refractivity contribution in [3.63, 3.8) is 0 Å². The molecule has 1 fully saturated rings. The van der Waals surface area contributed by atoms with Crippen LogP contribution in [0.5, 0.6) is 0 Å². The van der Waals surface area contributed by atoms with Crippen LogP contribution in [0.4, 0.5) is 4.39 Å². The number of halogens is 1. The topological polar surface area (TPSA) is 41.5 Å². The highest BCUT2D eigenvalue weighted by Crippen LogP contribution is 2.20. The van der Waals surface area contributed by atoms with Gasteiger partial charge in [-0.2, -0.15) is 0 Å². The van der Waals surface area contributed by atoms with E-state index >= 15 is 0 Å². The molecule has 0 radical (unpaired) electrons. The molecule has 21 heavy (non-hydrogen) atoms. The highest BCUT2D eigenvalue weighted by molar-refractivity contribution is 5.17. The zero-order chi connectivity index (χ0) is 15.3. The summed E-state index contributed by atoms with van der Waals surface area (Å²) in [7, 11) is 0. The molecule has 118 valence electrons. The smallest absolute Gasteiger partial charge is 0.123 e. The number of rotatable bonds is 6. The third-order valence-electron chi connectivity index (χ3n) is 4.29. The standard InChI is InChI=1S/C17H26FNO2/c1-13(2)16(11-14-3-5-15(18)6-4-14)19-12-17(20)7-9-21-10-8-17/h3-6,13,16,19-20H,7-12H2,1-2H3. The van der Waals surface area contributed by atoms with E-state index in [9.17, 15) is 9.50 Å². The van der Waals surface area contributed by atoms with Gasteiger partial charge in [0.25, 0.3) is 0 Å². The zero-order valence-corrected chi connectivity index (χ0v) is 12.9. The number of aliphatic hydroxyl groups is 1. The van der Waals surface area contributed by atoms with Crippen LogP contribution in [-0.2, 0) is 11.2 Å². The summed E-state index contributed by atoms with van der Waals surface area (Å²) >= 11 is 0. The van der Waals surface area contributed by atoms with Gasteiger partial charge in [0, 0.05) is 38.6 Å². The van der Waals surface area contributed by atoms with Gasteiger partial charge in [0.2, 0.25) is 0 Å². The molecule has 0 aromatic heterocycles. The van der Waals surface area contributed by atoms with Gasteiger partial charge in [0.1, 0.15) is 5.82 Å². The van der Waals surface area contributed by atoms with Gasteiger partial charge >= 0.3 is 0 Å². The maximum Gasteiger partial charge on any atom is 0.123 e. The van der Waals surface area contributed by atoms with Crippen molar-refractivity contribution in [2.75, 3.05) is 19.8 Å². The van der Waals surface area contributed by atoms with E-state index in [1.807, 2.05) is 12.1 Å². The molecule has 1 aromatic carbocycles. The first-order valence-corrected chi connectivity index (χ1v) is 7.76. The molecule has 1 atom stereocenters. The van der Waals surface area contributed by atoms with Crippen molar-refractivity contribution in [2.45, 2.75) is 44.8 Å². The molecule has 1 aliphatic rings. The Kier molecular flexibility index (Phi) is 5.73. The van der Waals surface area contributed by atoms with E-state index in [1.54, 1.807) is 0 Å². The third-order valence-corrected chi connectivity index (χ3v) is 4.29. The van der Waals surface area contributed by atoms with Crippen LogP contribution in [0.3, 0.4) is 0 Å². The molecule has 2 rings (SSSR count). The Morgan fingerprint density at radius 3 is 2.43 bits per heavy atom. The first-order chi connectivity index (χ1) is 9.98. The van der Waals surface area contributed by atoms with Crippen molar-refractivity contribution in [3.05, 3.63) is 35.6 Å². The molecule has 1 saturated heterocycles. The first kappa shape index (κ1) is 16.4. The Hall–Kier alpha value is -0.970. The van der Waals surface area contributed by atoms with Gasteiger partial charge in [-0.15, -0.1) is 0 Å². The molecule has 1 aromatic rings. The van der Waals surface area contributed by atoms with Gasteiger partial charge in [-0.25, -0.2) is 4.39 Å². The van der Waals surface area contributed by atoms with Crippen molar-refractivity contribution in [1.82, 2.24) is 5.32 Å². The van der Waals surface area contributed by atoms with Crippen molar-refractivity contribution in [1.29, 1.82) is 0 Å². The maximum atomic E-state index is 13.0. The van der Waals surface area contributed by atoms with E-state index in [0.29, 0.717) is 38.5 Å². The van der Waals surface area contributed by atoms with E-state index in [1.165, 1.54) is 12.1 Å². The van der Waals surface area contributed by atoms with E-state index in [-0.39, 0.29) is 11.9 Å². The summed E-state index contributed by atoms with van der Waals surface area (Å²) in [6.45, 7) is 6.16. The summed E-state index contributed by atoms with van der Waals surface area (Å²) in [5.41, 5.74) is 0.454. The molecule has 2 N–H and O–H groups in total. The summed E-state index contributed by atoms with van der Waals surface area (Å²) in [6.07, 6.45) is 2.20. The minimum atomic E-state index is -0.659. The second-order valence-corrected chi connectivity index (χ2v) is 6.40. The quantitative estimate of drug-likeness (QED) is 0.847. The molecule has 1 unspecified atom stereocenters. The summed E-state index contributed by atoms with van der Waals surface area (Å²) in [5.74, 6) is 0.239. The minimum absolute atomic E-state index is 0.204. The SMILES string of the molecule is CC(C)C(Cc1ccc(F)cc1)NCC1(O)CCOCC1. The molecule has 0 amide bonds. The van der Waals surface area contributed by atoms with Gasteiger partial charge in [-0.1, -0.05) is 26.0 Å². The number of nitrogens with one attached hydrogen (secondary N) is 1. The van der Waals surface area contributed by atoms with Crippen molar-refractivity contribution >= 4 is 0 Å². The molecular formula is C17H26FNO2. The summed E-state index contributed by atoms with van der Waals surface area (Å²) in [6, 6.07) is 6.92. The normalized spacial score (nSPS) is 19.7. The highest BCUT2D eigenvalue weighted by Gasteiger charge is 2.30. The minimum Gasteiger partial charge on any atom is -0.388 e. The highest BCUT2D eigenvalue weighted by atomic mass is 19.1. The van der Waals surface area contributed by atoms with Crippen LogP contribution in [0.25, 0.3) is 0 Å². The van der Waals surface area contributed by atoms with Gasteiger partial charge < -0.3 is 15.2 Å². The van der Waals surface area contributed by atoms with Crippen LogP contribution in [0.15, 0.2) is 24.3 Å². The average molecular weight is 295 g/mol. The molecule has 0 spiro atoms. The van der Waals surface area contributed by atoms with E-state index in [4.69, 9.17) is 4.74 Å². The number of hydrogen-bond acceptors (Lipinski definition) is 3. The lowest BCUT2D eigenvalue weighted by molar-refractivity contribution is -0.0633. The maximum absolute atomic E-state index is 13.0. The zero-order valence-electron chi connectivity index (χ0n) is 12.9. The molecule has 1 heterocycles. The second-order valence-electron chi connectivity index (χ2n) is 6.40. The predicted molar refractivity (Wildman–Crippen MR) is 81.7 cm³/mol. The summed E-state index contributed by atoms with van der Waals surface area (Å²) < 4.78 is 18.3. The monoisotopic (exact) mass is 295 g/mol. The largest absolute Gasteiger partial charge is 0.388 e. The second kappa shape index (κ2) is 7.34. The van der Waals surface area contributed by atoms with Crippen LogP contribution in [-0.4, -0.2) is 36.5 Å². The van der Waals surface area contributed by atoms with Gasteiger partial charge in [-0.3, -0.25) is 0 Å². The Bertz CT molecular complexity index is 427. The Morgan fingerprint density at radius 1 is 1.24 bits per heavy atom. The Labute approximate surface area is 126 Å². The molecule has 4 heteroatoms. The summed E-state index contributed by atoms with van der Waals surface area (Å²) in [4.78, 5) is 0. The van der Waals surface area contributed by atoms with Crippen molar-refractivity contribution in [3.8, 4) is 0 Å². The van der Waals surface area contributed by atoms with Crippen LogP contribution in [0, 0.1) is 11.7 Å². The molecule has 0 aliphatic carbocycles. The van der Waals surface area contributed by atoms with E-state index in [2.05, 4.69) is 19.2 Å². The fraction of sp³-hybridized carbons (Fsp3) is 0.647. The van der Waals surface area contributed by atoms with Gasteiger partial charge in [0.15, 0.2) is 0 Å². The Morgan fingerprint density at radius 2 is 1.86 bits per heavy atom. The van der Waals surface area contributed by atoms with Crippen LogP contribution in [0.1, 0.15) is 32.3 Å². The van der Waals surface area contributed by atoms with Crippen molar-refractivity contribution < 1.29 is 14.2 Å². The lowest BCUT2D eigenvalue weighted by Gasteiger charge is -2.34.